The summed E-state index contributed by atoms with van der Waals surface area (Å²) >= 11 is 1.68. The van der Waals surface area contributed by atoms with E-state index in [4.69, 9.17) is 0 Å². The van der Waals surface area contributed by atoms with Crippen molar-refractivity contribution in [3.05, 3.63) is 40.1 Å². The second-order valence-electron chi connectivity index (χ2n) is 5.61. The van der Waals surface area contributed by atoms with Crippen LogP contribution in [0.1, 0.15) is 50.2 Å². The van der Waals surface area contributed by atoms with Crippen molar-refractivity contribution in [2.75, 3.05) is 0 Å². The van der Waals surface area contributed by atoms with Gasteiger partial charge in [0.1, 0.15) is 5.01 Å². The molecule has 0 saturated carbocycles. The molecular formula is C14H20N2OS. The standard InChI is InChI=1S/C14H20N2OS/c1-10(17)11-6-5-7-16(11)8-13-15-12(9-18-13)14(2,3)4/h5-7,9-10,17H,8H2,1-4H3. The Hall–Kier alpha value is -1.13. The Morgan fingerprint density at radius 3 is 2.72 bits per heavy atom. The van der Waals surface area contributed by atoms with Crippen LogP contribution in [0.2, 0.25) is 0 Å². The Bertz CT molecular complexity index is 520. The first-order chi connectivity index (χ1) is 8.38. The maximum atomic E-state index is 9.67. The van der Waals surface area contributed by atoms with Crippen LogP contribution in [-0.2, 0) is 12.0 Å². The van der Waals surface area contributed by atoms with Gasteiger partial charge in [-0.3, -0.25) is 0 Å². The molecule has 4 heteroatoms. The molecule has 0 aliphatic carbocycles. The van der Waals surface area contributed by atoms with E-state index in [9.17, 15) is 5.11 Å². The van der Waals surface area contributed by atoms with Crippen LogP contribution in [0.25, 0.3) is 0 Å². The summed E-state index contributed by atoms with van der Waals surface area (Å²) in [6.45, 7) is 9.02. The number of hydrogen-bond donors (Lipinski definition) is 1. The van der Waals surface area contributed by atoms with Crippen LogP contribution in [-0.4, -0.2) is 14.7 Å². The summed E-state index contributed by atoms with van der Waals surface area (Å²) in [4.78, 5) is 4.67. The molecule has 0 aromatic carbocycles. The van der Waals surface area contributed by atoms with Crippen molar-refractivity contribution >= 4 is 11.3 Å². The molecule has 0 fully saturated rings. The first-order valence-corrected chi connectivity index (χ1v) is 7.04. The Morgan fingerprint density at radius 2 is 2.17 bits per heavy atom. The molecular weight excluding hydrogens is 244 g/mol. The minimum Gasteiger partial charge on any atom is -0.387 e. The fraction of sp³-hybridized carbons (Fsp3) is 0.500. The van der Waals surface area contributed by atoms with Gasteiger partial charge in [0.15, 0.2) is 0 Å². The molecule has 2 aromatic rings. The quantitative estimate of drug-likeness (QED) is 0.923. The van der Waals surface area contributed by atoms with Gasteiger partial charge in [0, 0.05) is 22.7 Å². The molecule has 3 nitrogen and oxygen atoms in total. The highest BCUT2D eigenvalue weighted by atomic mass is 32.1. The number of rotatable bonds is 3. The topological polar surface area (TPSA) is 38.0 Å². The fourth-order valence-electron chi connectivity index (χ4n) is 1.82. The van der Waals surface area contributed by atoms with E-state index < -0.39 is 6.10 Å². The van der Waals surface area contributed by atoms with Crippen LogP contribution in [0, 0.1) is 0 Å². The van der Waals surface area contributed by atoms with Crippen molar-refractivity contribution in [3.63, 3.8) is 0 Å². The molecule has 2 heterocycles. The zero-order valence-electron chi connectivity index (χ0n) is 11.3. The average molecular weight is 264 g/mol. The highest BCUT2D eigenvalue weighted by Crippen LogP contribution is 2.25. The molecule has 1 unspecified atom stereocenters. The van der Waals surface area contributed by atoms with Gasteiger partial charge in [0.25, 0.3) is 0 Å². The number of aromatic nitrogens is 2. The number of thiazole rings is 1. The Labute approximate surface area is 112 Å². The first-order valence-electron chi connectivity index (χ1n) is 6.16. The summed E-state index contributed by atoms with van der Waals surface area (Å²) in [7, 11) is 0. The SMILES string of the molecule is CC(O)c1cccn1Cc1nc(C(C)(C)C)cs1. The van der Waals surface area contributed by atoms with E-state index in [0.717, 1.165) is 22.9 Å². The highest BCUT2D eigenvalue weighted by molar-refractivity contribution is 7.09. The van der Waals surface area contributed by atoms with E-state index >= 15 is 0 Å². The van der Waals surface area contributed by atoms with Gasteiger partial charge in [-0.15, -0.1) is 11.3 Å². The largest absolute Gasteiger partial charge is 0.387 e. The van der Waals surface area contributed by atoms with Crippen LogP contribution in [0.4, 0.5) is 0 Å². The average Bonchev–Trinajstić information content (AvgIpc) is 2.85. The van der Waals surface area contributed by atoms with Gasteiger partial charge in [-0.2, -0.15) is 0 Å². The number of aliphatic hydroxyl groups is 1. The minimum absolute atomic E-state index is 0.0958. The summed E-state index contributed by atoms with van der Waals surface area (Å²) in [5, 5.41) is 12.9. The van der Waals surface area contributed by atoms with Gasteiger partial charge in [0.2, 0.25) is 0 Å². The maximum Gasteiger partial charge on any atom is 0.113 e. The molecule has 0 aliphatic rings. The Morgan fingerprint density at radius 1 is 1.44 bits per heavy atom. The van der Waals surface area contributed by atoms with Crippen LogP contribution < -0.4 is 0 Å². The number of hydrogen-bond acceptors (Lipinski definition) is 3. The van der Waals surface area contributed by atoms with Gasteiger partial charge in [-0.05, 0) is 19.1 Å². The van der Waals surface area contributed by atoms with E-state index in [1.54, 1.807) is 18.3 Å². The van der Waals surface area contributed by atoms with Crippen LogP contribution >= 0.6 is 11.3 Å². The molecule has 0 radical (unpaired) electrons. The van der Waals surface area contributed by atoms with Crippen molar-refractivity contribution in [2.45, 2.75) is 45.8 Å². The smallest absolute Gasteiger partial charge is 0.113 e. The van der Waals surface area contributed by atoms with Gasteiger partial charge < -0.3 is 9.67 Å². The van der Waals surface area contributed by atoms with E-state index in [2.05, 4.69) is 35.7 Å². The van der Waals surface area contributed by atoms with E-state index in [-0.39, 0.29) is 5.41 Å². The second-order valence-corrected chi connectivity index (χ2v) is 6.56. The molecule has 1 atom stereocenters. The summed E-state index contributed by atoms with van der Waals surface area (Å²) in [6.07, 6.45) is 1.54. The second kappa shape index (κ2) is 4.86. The molecule has 2 rings (SSSR count). The third-order valence-corrected chi connectivity index (χ3v) is 3.75. The van der Waals surface area contributed by atoms with Gasteiger partial charge >= 0.3 is 0 Å². The van der Waals surface area contributed by atoms with Gasteiger partial charge in [-0.1, -0.05) is 20.8 Å². The maximum absolute atomic E-state index is 9.67. The van der Waals surface area contributed by atoms with E-state index in [1.165, 1.54) is 0 Å². The van der Waals surface area contributed by atoms with Crippen molar-refractivity contribution in [3.8, 4) is 0 Å². The lowest BCUT2D eigenvalue weighted by Crippen LogP contribution is -2.12. The summed E-state index contributed by atoms with van der Waals surface area (Å²) in [5.74, 6) is 0. The Balaban J connectivity index is 2.19. The van der Waals surface area contributed by atoms with Crippen LogP contribution in [0.3, 0.4) is 0 Å². The van der Waals surface area contributed by atoms with Gasteiger partial charge in [-0.25, -0.2) is 4.98 Å². The fourth-order valence-corrected chi connectivity index (χ4v) is 2.84. The molecule has 18 heavy (non-hydrogen) atoms. The molecule has 0 saturated heterocycles. The monoisotopic (exact) mass is 264 g/mol. The van der Waals surface area contributed by atoms with Crippen LogP contribution in [0.5, 0.6) is 0 Å². The highest BCUT2D eigenvalue weighted by Gasteiger charge is 2.17. The summed E-state index contributed by atoms with van der Waals surface area (Å²) in [6, 6.07) is 3.91. The normalized spacial score (nSPS) is 13.8. The molecule has 1 N–H and O–H groups in total. The van der Waals surface area contributed by atoms with Crippen molar-refractivity contribution < 1.29 is 5.11 Å². The lowest BCUT2D eigenvalue weighted by Gasteiger charge is -2.14. The molecule has 98 valence electrons. The molecule has 0 spiro atoms. The third-order valence-electron chi connectivity index (χ3n) is 2.92. The van der Waals surface area contributed by atoms with Gasteiger partial charge in [0.05, 0.1) is 18.3 Å². The lowest BCUT2D eigenvalue weighted by molar-refractivity contribution is 0.190. The number of nitrogens with zero attached hydrogens (tertiary/aromatic N) is 2. The van der Waals surface area contributed by atoms with Crippen molar-refractivity contribution in [1.29, 1.82) is 0 Å². The van der Waals surface area contributed by atoms with Crippen molar-refractivity contribution in [2.24, 2.45) is 0 Å². The van der Waals surface area contributed by atoms with Crippen molar-refractivity contribution in [1.82, 2.24) is 9.55 Å². The first kappa shape index (κ1) is 13.3. The zero-order valence-corrected chi connectivity index (χ0v) is 12.2. The lowest BCUT2D eigenvalue weighted by atomic mass is 9.93. The third kappa shape index (κ3) is 2.82. The molecule has 0 bridgehead atoms. The zero-order chi connectivity index (χ0) is 13.3. The number of aliphatic hydroxyl groups excluding tert-OH is 1. The van der Waals surface area contributed by atoms with E-state index in [0.29, 0.717) is 0 Å². The molecule has 0 amide bonds. The molecule has 0 aliphatic heterocycles. The molecule has 2 aromatic heterocycles. The van der Waals surface area contributed by atoms with E-state index in [1.807, 2.05) is 18.3 Å². The Kier molecular flexibility index (Phi) is 3.59. The predicted octanol–water partition coefficient (Wildman–Crippen LogP) is 3.34. The summed E-state index contributed by atoms with van der Waals surface area (Å²) < 4.78 is 2.05. The predicted molar refractivity (Wildman–Crippen MR) is 75.0 cm³/mol. The summed E-state index contributed by atoms with van der Waals surface area (Å²) in [5.41, 5.74) is 2.16. The van der Waals surface area contributed by atoms with Crippen LogP contribution in [0.15, 0.2) is 23.7 Å². The minimum atomic E-state index is -0.443.